The minimum absolute atomic E-state index is 0.368. The van der Waals surface area contributed by atoms with Crippen molar-refractivity contribution in [3.63, 3.8) is 0 Å². The van der Waals surface area contributed by atoms with E-state index < -0.39 is 0 Å². The summed E-state index contributed by atoms with van der Waals surface area (Å²) >= 11 is 3.17. The molecule has 1 aliphatic carbocycles. The molecule has 1 fully saturated rings. The lowest BCUT2D eigenvalue weighted by atomic mass is 9.73. The maximum Gasteiger partial charge on any atom is 0.153 e. The van der Waals surface area contributed by atoms with Crippen LogP contribution >= 0.6 is 23.3 Å². The van der Waals surface area contributed by atoms with Gasteiger partial charge in [0.05, 0.1) is 4.90 Å². The number of hydrogen-bond acceptors (Lipinski definition) is 5. The first-order chi connectivity index (χ1) is 8.04. The van der Waals surface area contributed by atoms with Crippen molar-refractivity contribution < 1.29 is 0 Å². The van der Waals surface area contributed by atoms with E-state index in [0.717, 1.165) is 9.90 Å². The Morgan fingerprint density at radius 1 is 1.47 bits per heavy atom. The Balaban J connectivity index is 2.14. The highest BCUT2D eigenvalue weighted by atomic mass is 32.2. The van der Waals surface area contributed by atoms with E-state index in [0.29, 0.717) is 17.3 Å². The Bertz CT molecular complexity index is 387. The third-order valence-electron chi connectivity index (χ3n) is 3.69. The van der Waals surface area contributed by atoms with Crippen LogP contribution in [0.15, 0.2) is 4.90 Å². The van der Waals surface area contributed by atoms with Gasteiger partial charge in [-0.3, -0.25) is 0 Å². The van der Waals surface area contributed by atoms with Gasteiger partial charge in [-0.1, -0.05) is 26.7 Å². The molecule has 0 radical (unpaired) electrons. The van der Waals surface area contributed by atoms with Crippen LogP contribution in [0, 0.1) is 5.41 Å². The predicted molar refractivity (Wildman–Crippen MR) is 78.0 cm³/mol. The van der Waals surface area contributed by atoms with Crippen LogP contribution in [0.5, 0.6) is 0 Å². The van der Waals surface area contributed by atoms with E-state index in [1.165, 1.54) is 37.2 Å². The Morgan fingerprint density at radius 2 is 2.24 bits per heavy atom. The van der Waals surface area contributed by atoms with Crippen molar-refractivity contribution in [2.24, 2.45) is 5.41 Å². The second-order valence-electron chi connectivity index (χ2n) is 5.36. The quantitative estimate of drug-likeness (QED) is 0.820. The summed E-state index contributed by atoms with van der Waals surface area (Å²) in [5.74, 6) is 0.665. The first-order valence-electron chi connectivity index (χ1n) is 6.10. The van der Waals surface area contributed by atoms with E-state index >= 15 is 0 Å². The van der Waals surface area contributed by atoms with E-state index in [1.54, 1.807) is 11.8 Å². The van der Waals surface area contributed by atoms with Gasteiger partial charge in [0.25, 0.3) is 0 Å². The van der Waals surface area contributed by atoms with Gasteiger partial charge in [-0.15, -0.1) is 11.8 Å². The number of thioether (sulfide) groups is 1. The number of nitrogen functional groups attached to an aromatic ring is 1. The van der Waals surface area contributed by atoms with Crippen molar-refractivity contribution in [2.75, 3.05) is 17.3 Å². The summed E-state index contributed by atoms with van der Waals surface area (Å²) in [4.78, 5) is 1.11. The Labute approximate surface area is 112 Å². The first kappa shape index (κ1) is 13.0. The van der Waals surface area contributed by atoms with Gasteiger partial charge in [0, 0.05) is 6.04 Å². The monoisotopic (exact) mass is 271 g/mol. The van der Waals surface area contributed by atoms with E-state index in [2.05, 4.69) is 29.8 Å². The molecule has 1 atom stereocenters. The Hall–Kier alpha value is -0.420. The molecule has 1 aromatic rings. The van der Waals surface area contributed by atoms with Crippen molar-refractivity contribution >= 4 is 34.1 Å². The fourth-order valence-corrected chi connectivity index (χ4v) is 4.09. The topological polar surface area (TPSA) is 50.9 Å². The first-order valence-corrected chi connectivity index (χ1v) is 8.10. The van der Waals surface area contributed by atoms with Crippen LogP contribution in [0.2, 0.25) is 0 Å². The number of hydrogen-bond donors (Lipinski definition) is 2. The molecular formula is C12H21N3S2. The molecule has 1 saturated carbocycles. The van der Waals surface area contributed by atoms with Crippen LogP contribution in [-0.2, 0) is 0 Å². The van der Waals surface area contributed by atoms with Gasteiger partial charge >= 0.3 is 0 Å². The third-order valence-corrected chi connectivity index (χ3v) is 5.43. The van der Waals surface area contributed by atoms with Gasteiger partial charge in [-0.05, 0) is 36.0 Å². The van der Waals surface area contributed by atoms with E-state index in [1.807, 2.05) is 0 Å². The Morgan fingerprint density at radius 3 is 2.88 bits per heavy atom. The van der Waals surface area contributed by atoms with Crippen molar-refractivity contribution in [3.8, 4) is 0 Å². The van der Waals surface area contributed by atoms with Crippen molar-refractivity contribution in [2.45, 2.75) is 50.5 Å². The molecule has 1 aromatic heterocycles. The molecule has 0 aliphatic heterocycles. The normalized spacial score (nSPS) is 23.6. The number of nitrogens with one attached hydrogen (secondary N) is 1. The van der Waals surface area contributed by atoms with Crippen LogP contribution in [0.4, 0.5) is 10.8 Å². The lowest BCUT2D eigenvalue weighted by molar-refractivity contribution is 0.217. The maximum absolute atomic E-state index is 5.86. The zero-order valence-corrected chi connectivity index (χ0v) is 12.4. The summed E-state index contributed by atoms with van der Waals surface area (Å²) in [6.07, 6.45) is 7.28. The number of aromatic nitrogens is 1. The fraction of sp³-hybridized carbons (Fsp3) is 0.750. The van der Waals surface area contributed by atoms with Crippen LogP contribution < -0.4 is 11.1 Å². The summed E-state index contributed by atoms with van der Waals surface area (Å²) < 4.78 is 4.24. The molecule has 3 N–H and O–H groups in total. The van der Waals surface area contributed by atoms with Crippen LogP contribution in [0.25, 0.3) is 0 Å². The average Bonchev–Trinajstić information content (AvgIpc) is 2.62. The molecule has 5 heteroatoms. The molecule has 1 aliphatic rings. The molecule has 1 unspecified atom stereocenters. The molecule has 2 rings (SSSR count). The SMILES string of the molecule is CSc1c(N)nsc1NC1CCCCC1(C)C. The molecule has 17 heavy (non-hydrogen) atoms. The average molecular weight is 271 g/mol. The second-order valence-corrected chi connectivity index (χ2v) is 6.95. The van der Waals surface area contributed by atoms with Crippen molar-refractivity contribution in [3.05, 3.63) is 0 Å². The van der Waals surface area contributed by atoms with Crippen LogP contribution in [-0.4, -0.2) is 16.7 Å². The van der Waals surface area contributed by atoms with Gasteiger partial charge in [-0.25, -0.2) is 0 Å². The van der Waals surface area contributed by atoms with Crippen LogP contribution in [0.1, 0.15) is 39.5 Å². The smallest absolute Gasteiger partial charge is 0.153 e. The highest BCUT2D eigenvalue weighted by Crippen LogP contribution is 2.41. The van der Waals surface area contributed by atoms with E-state index in [4.69, 9.17) is 5.73 Å². The molecule has 0 aromatic carbocycles. The molecule has 0 amide bonds. The van der Waals surface area contributed by atoms with Crippen molar-refractivity contribution in [1.82, 2.24) is 4.37 Å². The molecule has 96 valence electrons. The largest absolute Gasteiger partial charge is 0.382 e. The highest BCUT2D eigenvalue weighted by molar-refractivity contribution is 7.99. The summed E-state index contributed by atoms with van der Waals surface area (Å²) in [5, 5.41) is 4.81. The maximum atomic E-state index is 5.86. The summed E-state index contributed by atoms with van der Waals surface area (Å²) in [7, 11) is 0. The van der Waals surface area contributed by atoms with Crippen LogP contribution in [0.3, 0.4) is 0 Å². The van der Waals surface area contributed by atoms with Gasteiger partial charge in [0.15, 0.2) is 5.82 Å². The lowest BCUT2D eigenvalue weighted by Crippen LogP contribution is -2.38. The zero-order chi connectivity index (χ0) is 12.5. The second kappa shape index (κ2) is 5.06. The molecule has 3 nitrogen and oxygen atoms in total. The number of rotatable bonds is 3. The molecule has 0 bridgehead atoms. The van der Waals surface area contributed by atoms with Gasteiger partial charge in [-0.2, -0.15) is 4.37 Å². The zero-order valence-electron chi connectivity index (χ0n) is 10.7. The minimum atomic E-state index is 0.368. The van der Waals surface area contributed by atoms with Crippen molar-refractivity contribution in [1.29, 1.82) is 0 Å². The highest BCUT2D eigenvalue weighted by Gasteiger charge is 2.32. The lowest BCUT2D eigenvalue weighted by Gasteiger charge is -2.39. The number of nitrogens with two attached hydrogens (primary N) is 1. The molecule has 1 heterocycles. The van der Waals surface area contributed by atoms with E-state index in [9.17, 15) is 0 Å². The third kappa shape index (κ3) is 2.71. The molecule has 0 spiro atoms. The van der Waals surface area contributed by atoms with Gasteiger partial charge in [0.1, 0.15) is 5.00 Å². The van der Waals surface area contributed by atoms with Gasteiger partial charge in [0.2, 0.25) is 0 Å². The molecule has 0 saturated heterocycles. The summed E-state index contributed by atoms with van der Waals surface area (Å²) in [6.45, 7) is 4.71. The number of anilines is 2. The Kier molecular flexibility index (Phi) is 3.88. The predicted octanol–water partition coefficient (Wildman–Crippen LogP) is 3.83. The summed E-state index contributed by atoms with van der Waals surface area (Å²) in [6, 6.07) is 0.544. The number of nitrogens with zero attached hydrogens (tertiary/aromatic N) is 1. The summed E-state index contributed by atoms with van der Waals surface area (Å²) in [5.41, 5.74) is 6.23. The van der Waals surface area contributed by atoms with Gasteiger partial charge < -0.3 is 11.1 Å². The standard InChI is InChI=1S/C12H21N3S2/c1-12(2)7-5-4-6-8(12)14-11-9(16-3)10(13)15-17-11/h8,14H,4-7H2,1-3H3,(H2,13,15). The van der Waals surface area contributed by atoms with E-state index in [-0.39, 0.29) is 0 Å². The molecular weight excluding hydrogens is 250 g/mol. The minimum Gasteiger partial charge on any atom is -0.382 e. The fourth-order valence-electron chi connectivity index (χ4n) is 2.50.